The van der Waals surface area contributed by atoms with Crippen molar-refractivity contribution in [3.8, 4) is 0 Å². The minimum Gasteiger partial charge on any atom is -0.395 e. The molecular formula is C12H16FNO3. The number of hydrogen-bond acceptors (Lipinski definition) is 4. The van der Waals surface area contributed by atoms with E-state index in [9.17, 15) is 9.18 Å². The number of rotatable bonds is 7. The minimum absolute atomic E-state index is 0.0708. The number of methoxy groups -OCH3 is 1. The summed E-state index contributed by atoms with van der Waals surface area (Å²) in [5.74, 6) is -0.473. The van der Waals surface area contributed by atoms with Crippen LogP contribution in [0.4, 0.5) is 10.1 Å². The van der Waals surface area contributed by atoms with E-state index in [4.69, 9.17) is 9.84 Å². The molecule has 4 nitrogen and oxygen atoms in total. The molecule has 0 aromatic heterocycles. The zero-order valence-electron chi connectivity index (χ0n) is 9.73. The fourth-order valence-corrected chi connectivity index (χ4v) is 1.53. The van der Waals surface area contributed by atoms with Gasteiger partial charge in [0.05, 0.1) is 18.9 Å². The molecule has 5 heteroatoms. The molecule has 0 unspecified atom stereocenters. The van der Waals surface area contributed by atoms with E-state index in [0.717, 1.165) is 0 Å². The van der Waals surface area contributed by atoms with Gasteiger partial charge in [0.25, 0.3) is 0 Å². The predicted molar refractivity (Wildman–Crippen MR) is 63.0 cm³/mol. The van der Waals surface area contributed by atoms with Gasteiger partial charge in [0.2, 0.25) is 0 Å². The van der Waals surface area contributed by atoms with Crippen molar-refractivity contribution in [2.75, 3.05) is 38.3 Å². The second-order valence-corrected chi connectivity index (χ2v) is 3.53. The average molecular weight is 241 g/mol. The topological polar surface area (TPSA) is 49.8 Å². The first-order valence-corrected chi connectivity index (χ1v) is 5.32. The highest BCUT2D eigenvalue weighted by atomic mass is 19.1. The normalized spacial score (nSPS) is 10.3. The molecule has 0 amide bonds. The fourth-order valence-electron chi connectivity index (χ4n) is 1.53. The van der Waals surface area contributed by atoms with Crippen LogP contribution in [-0.4, -0.2) is 44.8 Å². The third-order valence-corrected chi connectivity index (χ3v) is 2.38. The quantitative estimate of drug-likeness (QED) is 0.726. The van der Waals surface area contributed by atoms with Crippen molar-refractivity contribution in [2.45, 2.75) is 0 Å². The number of anilines is 1. The number of aldehydes is 1. The summed E-state index contributed by atoms with van der Waals surface area (Å²) in [6.45, 7) is 1.17. The lowest BCUT2D eigenvalue weighted by Gasteiger charge is -2.24. The van der Waals surface area contributed by atoms with E-state index in [2.05, 4.69) is 0 Å². The fraction of sp³-hybridized carbons (Fsp3) is 0.417. The number of aliphatic hydroxyl groups excluding tert-OH is 1. The summed E-state index contributed by atoms with van der Waals surface area (Å²) in [7, 11) is 1.56. The Morgan fingerprint density at radius 3 is 2.76 bits per heavy atom. The van der Waals surface area contributed by atoms with Crippen molar-refractivity contribution < 1.29 is 19.0 Å². The molecule has 0 spiro atoms. The minimum atomic E-state index is -0.473. The van der Waals surface area contributed by atoms with Crippen LogP contribution in [0.1, 0.15) is 10.4 Å². The first-order valence-electron chi connectivity index (χ1n) is 5.32. The molecule has 1 N–H and O–H groups in total. The monoisotopic (exact) mass is 241 g/mol. The molecule has 0 aliphatic carbocycles. The van der Waals surface area contributed by atoms with Crippen molar-refractivity contribution in [3.63, 3.8) is 0 Å². The Morgan fingerprint density at radius 2 is 2.24 bits per heavy atom. The second-order valence-electron chi connectivity index (χ2n) is 3.53. The number of ether oxygens (including phenoxy) is 1. The molecule has 0 aliphatic rings. The van der Waals surface area contributed by atoms with Gasteiger partial charge >= 0.3 is 0 Å². The SMILES string of the molecule is COCCN(CCO)c1ccc(C=O)cc1F. The van der Waals surface area contributed by atoms with Crippen LogP contribution in [0.3, 0.4) is 0 Å². The highest BCUT2D eigenvalue weighted by molar-refractivity contribution is 5.76. The molecule has 0 aliphatic heterocycles. The van der Waals surface area contributed by atoms with E-state index in [0.29, 0.717) is 37.2 Å². The number of carbonyl (C=O) groups is 1. The van der Waals surface area contributed by atoms with Crippen molar-refractivity contribution in [3.05, 3.63) is 29.6 Å². The standard InChI is InChI=1S/C12H16FNO3/c1-17-7-5-14(4-6-15)12-3-2-10(9-16)8-11(12)13/h2-3,8-9,15H,4-7H2,1H3. The summed E-state index contributed by atoms with van der Waals surface area (Å²) < 4.78 is 18.6. The number of benzene rings is 1. The number of carbonyl (C=O) groups excluding carboxylic acids is 1. The molecule has 94 valence electrons. The largest absolute Gasteiger partial charge is 0.395 e. The molecule has 1 rings (SSSR count). The van der Waals surface area contributed by atoms with Crippen LogP contribution in [0.25, 0.3) is 0 Å². The molecule has 1 aromatic rings. The van der Waals surface area contributed by atoms with Crippen LogP contribution in [0.15, 0.2) is 18.2 Å². The summed E-state index contributed by atoms with van der Waals surface area (Å²) in [5, 5.41) is 8.93. The number of hydrogen-bond donors (Lipinski definition) is 1. The van der Waals surface area contributed by atoms with Gasteiger partial charge in [-0.15, -0.1) is 0 Å². The molecule has 17 heavy (non-hydrogen) atoms. The van der Waals surface area contributed by atoms with E-state index < -0.39 is 5.82 Å². The molecule has 0 bridgehead atoms. The van der Waals surface area contributed by atoms with E-state index in [1.165, 1.54) is 12.1 Å². The molecule has 0 saturated heterocycles. The van der Waals surface area contributed by atoms with Gasteiger partial charge < -0.3 is 14.7 Å². The number of nitrogens with zero attached hydrogens (tertiary/aromatic N) is 1. The Balaban J connectivity index is 2.88. The van der Waals surface area contributed by atoms with Gasteiger partial charge in [-0.2, -0.15) is 0 Å². The Kier molecular flexibility index (Phi) is 5.59. The van der Waals surface area contributed by atoms with Crippen molar-refractivity contribution >= 4 is 12.0 Å². The lowest BCUT2D eigenvalue weighted by atomic mass is 10.2. The van der Waals surface area contributed by atoms with Gasteiger partial charge in [-0.25, -0.2) is 4.39 Å². The molecule has 0 atom stereocenters. The van der Waals surface area contributed by atoms with Crippen LogP contribution >= 0.6 is 0 Å². The number of aliphatic hydroxyl groups is 1. The van der Waals surface area contributed by atoms with Crippen molar-refractivity contribution in [1.29, 1.82) is 0 Å². The Morgan fingerprint density at radius 1 is 1.47 bits per heavy atom. The Labute approximate surface area is 99.6 Å². The summed E-state index contributed by atoms with van der Waals surface area (Å²) in [6, 6.07) is 4.26. The van der Waals surface area contributed by atoms with Gasteiger partial charge in [-0.05, 0) is 18.2 Å². The Bertz CT molecular complexity index is 371. The molecular weight excluding hydrogens is 225 g/mol. The summed E-state index contributed by atoms with van der Waals surface area (Å²) in [6.07, 6.45) is 0.596. The summed E-state index contributed by atoms with van der Waals surface area (Å²) >= 11 is 0. The molecule has 1 aromatic carbocycles. The second kappa shape index (κ2) is 6.98. The molecule has 0 heterocycles. The van der Waals surface area contributed by atoms with E-state index in [1.54, 1.807) is 18.1 Å². The highest BCUT2D eigenvalue weighted by Crippen LogP contribution is 2.19. The van der Waals surface area contributed by atoms with Gasteiger partial charge in [-0.1, -0.05) is 0 Å². The van der Waals surface area contributed by atoms with Gasteiger partial charge in [-0.3, -0.25) is 4.79 Å². The zero-order chi connectivity index (χ0) is 12.7. The summed E-state index contributed by atoms with van der Waals surface area (Å²) in [4.78, 5) is 12.2. The highest BCUT2D eigenvalue weighted by Gasteiger charge is 2.11. The maximum atomic E-state index is 13.7. The zero-order valence-corrected chi connectivity index (χ0v) is 9.73. The summed E-state index contributed by atoms with van der Waals surface area (Å²) in [5.41, 5.74) is 0.656. The van der Waals surface area contributed by atoms with Gasteiger partial charge in [0, 0.05) is 25.8 Å². The lowest BCUT2D eigenvalue weighted by Crippen LogP contribution is -2.30. The van der Waals surface area contributed by atoms with Gasteiger partial charge in [0.15, 0.2) is 0 Å². The predicted octanol–water partition coefficient (Wildman–Crippen LogP) is 1.08. The smallest absolute Gasteiger partial charge is 0.150 e. The molecule has 0 fully saturated rings. The first-order chi connectivity index (χ1) is 8.22. The maximum Gasteiger partial charge on any atom is 0.150 e. The van der Waals surface area contributed by atoms with Crippen molar-refractivity contribution in [2.24, 2.45) is 0 Å². The third kappa shape index (κ3) is 3.80. The third-order valence-electron chi connectivity index (χ3n) is 2.38. The number of halogens is 1. The van der Waals surface area contributed by atoms with Crippen LogP contribution < -0.4 is 4.90 Å². The maximum absolute atomic E-state index is 13.7. The molecule has 0 radical (unpaired) electrons. The van der Waals surface area contributed by atoms with Gasteiger partial charge in [0.1, 0.15) is 12.1 Å². The first kappa shape index (κ1) is 13.6. The Hall–Kier alpha value is -1.46. The average Bonchev–Trinajstić information content (AvgIpc) is 2.34. The molecule has 0 saturated carbocycles. The van der Waals surface area contributed by atoms with E-state index >= 15 is 0 Å². The van der Waals surface area contributed by atoms with Crippen LogP contribution in [0.2, 0.25) is 0 Å². The van der Waals surface area contributed by atoms with Crippen LogP contribution in [-0.2, 0) is 4.74 Å². The van der Waals surface area contributed by atoms with Crippen molar-refractivity contribution in [1.82, 2.24) is 0 Å². The lowest BCUT2D eigenvalue weighted by molar-refractivity contribution is 0.112. The van der Waals surface area contributed by atoms with Crippen LogP contribution in [0, 0.1) is 5.82 Å². The van der Waals surface area contributed by atoms with E-state index in [1.807, 2.05) is 0 Å². The van der Waals surface area contributed by atoms with E-state index in [-0.39, 0.29) is 6.61 Å². The van der Waals surface area contributed by atoms with Crippen LogP contribution in [0.5, 0.6) is 0 Å².